The average Bonchev–Trinajstić information content (AvgIpc) is 2.50. The second-order valence-electron chi connectivity index (χ2n) is 5.82. The molecule has 126 valence electrons. The van der Waals surface area contributed by atoms with Crippen LogP contribution in [0.1, 0.15) is 43.5 Å². The average molecular weight is 321 g/mol. The Morgan fingerprint density at radius 1 is 1.17 bits per heavy atom. The summed E-state index contributed by atoms with van der Waals surface area (Å²) in [5, 5.41) is 11.8. The molecule has 0 aliphatic heterocycles. The first kappa shape index (κ1) is 18.7. The Bertz CT molecular complexity index is 551. The van der Waals surface area contributed by atoms with E-state index < -0.39 is 17.9 Å². The number of benzene rings is 1. The van der Waals surface area contributed by atoms with Crippen LogP contribution in [0.3, 0.4) is 0 Å². The number of nitrogens with one attached hydrogen (secondary N) is 1. The topological polar surface area (TPSA) is 92.7 Å². The Kier molecular flexibility index (Phi) is 7.25. The second-order valence-corrected chi connectivity index (χ2v) is 5.82. The summed E-state index contributed by atoms with van der Waals surface area (Å²) >= 11 is 0. The number of rotatable bonds is 8. The van der Waals surface area contributed by atoms with Crippen LogP contribution in [0.5, 0.6) is 0 Å². The van der Waals surface area contributed by atoms with Crippen LogP contribution in [0.15, 0.2) is 24.3 Å². The van der Waals surface area contributed by atoms with E-state index in [-0.39, 0.29) is 18.2 Å². The van der Waals surface area contributed by atoms with Crippen molar-refractivity contribution in [1.29, 1.82) is 0 Å². The van der Waals surface area contributed by atoms with E-state index in [1.165, 1.54) is 7.11 Å². The standard InChI is InChI=1S/C17H23NO5/c1-11(2)10-13(16(20)21)6-9-15(19)18-14-7-4-12(5-8-14)17(22)23-3/h4-5,7-8,11,13H,6,9-10H2,1-3H3,(H,18,19)(H,20,21)/t13-/m1/s1. The largest absolute Gasteiger partial charge is 0.481 e. The zero-order valence-electron chi connectivity index (χ0n) is 13.7. The van der Waals surface area contributed by atoms with Crippen molar-refractivity contribution in [2.45, 2.75) is 33.1 Å². The Labute approximate surface area is 135 Å². The minimum atomic E-state index is -0.867. The van der Waals surface area contributed by atoms with Gasteiger partial charge in [-0.3, -0.25) is 9.59 Å². The molecule has 6 nitrogen and oxygen atoms in total. The molecule has 0 bridgehead atoms. The van der Waals surface area contributed by atoms with Gasteiger partial charge in [0.05, 0.1) is 18.6 Å². The van der Waals surface area contributed by atoms with E-state index in [0.717, 1.165) is 0 Å². The van der Waals surface area contributed by atoms with Crippen LogP contribution in [-0.4, -0.2) is 30.1 Å². The lowest BCUT2D eigenvalue weighted by atomic mass is 9.93. The maximum absolute atomic E-state index is 11.9. The highest BCUT2D eigenvalue weighted by Crippen LogP contribution is 2.18. The first-order valence-electron chi connectivity index (χ1n) is 7.54. The lowest BCUT2D eigenvalue weighted by Gasteiger charge is -2.14. The molecule has 0 saturated carbocycles. The number of aliphatic carboxylic acids is 1. The number of hydrogen-bond donors (Lipinski definition) is 2. The van der Waals surface area contributed by atoms with Gasteiger partial charge < -0.3 is 15.2 Å². The van der Waals surface area contributed by atoms with Gasteiger partial charge in [-0.2, -0.15) is 0 Å². The zero-order chi connectivity index (χ0) is 17.4. The van der Waals surface area contributed by atoms with Gasteiger partial charge in [0.1, 0.15) is 0 Å². The Balaban J connectivity index is 2.52. The third-order valence-electron chi connectivity index (χ3n) is 3.41. The summed E-state index contributed by atoms with van der Waals surface area (Å²) in [7, 11) is 1.30. The van der Waals surface area contributed by atoms with E-state index in [9.17, 15) is 14.4 Å². The summed E-state index contributed by atoms with van der Waals surface area (Å²) < 4.78 is 4.59. The molecule has 0 saturated heterocycles. The summed E-state index contributed by atoms with van der Waals surface area (Å²) in [6.07, 6.45) is 0.998. The molecule has 0 fully saturated rings. The molecule has 0 radical (unpaired) electrons. The number of esters is 1. The normalized spacial score (nSPS) is 11.8. The van der Waals surface area contributed by atoms with E-state index in [1.807, 2.05) is 13.8 Å². The SMILES string of the molecule is COC(=O)c1ccc(NC(=O)CC[C@H](CC(C)C)C(=O)O)cc1. The molecule has 6 heteroatoms. The van der Waals surface area contributed by atoms with Crippen LogP contribution in [0, 0.1) is 11.8 Å². The smallest absolute Gasteiger partial charge is 0.337 e. The minimum Gasteiger partial charge on any atom is -0.481 e. The number of carbonyl (C=O) groups is 3. The molecule has 1 aromatic rings. The fraction of sp³-hybridized carbons (Fsp3) is 0.471. The summed E-state index contributed by atoms with van der Waals surface area (Å²) in [5.41, 5.74) is 0.951. The van der Waals surface area contributed by atoms with Crippen LogP contribution in [0.25, 0.3) is 0 Å². The van der Waals surface area contributed by atoms with E-state index in [0.29, 0.717) is 24.1 Å². The van der Waals surface area contributed by atoms with Crippen molar-refractivity contribution >= 4 is 23.5 Å². The van der Waals surface area contributed by atoms with Gasteiger partial charge in [0.2, 0.25) is 5.91 Å². The summed E-state index contributed by atoms with van der Waals surface area (Å²) in [6.45, 7) is 3.91. The number of carbonyl (C=O) groups excluding carboxylic acids is 2. The maximum atomic E-state index is 11.9. The summed E-state index contributed by atoms with van der Waals surface area (Å²) in [5.74, 6) is -1.80. The lowest BCUT2D eigenvalue weighted by Crippen LogP contribution is -2.19. The van der Waals surface area contributed by atoms with Crippen LogP contribution < -0.4 is 5.32 Å². The van der Waals surface area contributed by atoms with Gasteiger partial charge in [0.15, 0.2) is 0 Å². The van der Waals surface area contributed by atoms with Crippen molar-refractivity contribution in [3.05, 3.63) is 29.8 Å². The summed E-state index contributed by atoms with van der Waals surface area (Å²) in [6, 6.07) is 6.32. The van der Waals surface area contributed by atoms with E-state index in [2.05, 4.69) is 10.1 Å². The Hall–Kier alpha value is -2.37. The number of carboxylic acids is 1. The molecule has 23 heavy (non-hydrogen) atoms. The van der Waals surface area contributed by atoms with Crippen molar-refractivity contribution in [3.63, 3.8) is 0 Å². The van der Waals surface area contributed by atoms with E-state index in [1.54, 1.807) is 24.3 Å². The molecule has 0 spiro atoms. The number of carboxylic acid groups (broad SMARTS) is 1. The fourth-order valence-corrected chi connectivity index (χ4v) is 2.25. The number of amides is 1. The van der Waals surface area contributed by atoms with Gasteiger partial charge >= 0.3 is 11.9 Å². The van der Waals surface area contributed by atoms with E-state index >= 15 is 0 Å². The molecule has 0 unspecified atom stereocenters. The number of hydrogen-bond acceptors (Lipinski definition) is 4. The molecular formula is C17H23NO5. The second kappa shape index (κ2) is 8.92. The first-order chi connectivity index (χ1) is 10.8. The lowest BCUT2D eigenvalue weighted by molar-refractivity contribution is -0.142. The highest BCUT2D eigenvalue weighted by atomic mass is 16.5. The minimum absolute atomic E-state index is 0.141. The maximum Gasteiger partial charge on any atom is 0.337 e. The van der Waals surface area contributed by atoms with Gasteiger partial charge in [-0.25, -0.2) is 4.79 Å². The third-order valence-corrected chi connectivity index (χ3v) is 3.41. The number of methoxy groups -OCH3 is 1. The predicted molar refractivity (Wildman–Crippen MR) is 86.2 cm³/mol. The first-order valence-corrected chi connectivity index (χ1v) is 7.54. The quantitative estimate of drug-likeness (QED) is 0.718. The number of ether oxygens (including phenoxy) is 1. The predicted octanol–water partition coefficient (Wildman–Crippen LogP) is 2.94. The fourth-order valence-electron chi connectivity index (χ4n) is 2.25. The molecule has 2 N–H and O–H groups in total. The molecule has 0 aliphatic rings. The molecule has 1 amide bonds. The molecule has 1 atom stereocenters. The van der Waals surface area contributed by atoms with Gasteiger partial charge in [-0.1, -0.05) is 13.8 Å². The van der Waals surface area contributed by atoms with Crippen LogP contribution in [0.4, 0.5) is 5.69 Å². The van der Waals surface area contributed by atoms with Gasteiger partial charge in [-0.15, -0.1) is 0 Å². The Morgan fingerprint density at radius 3 is 2.26 bits per heavy atom. The summed E-state index contributed by atoms with van der Waals surface area (Å²) in [4.78, 5) is 34.4. The van der Waals surface area contributed by atoms with Crippen molar-refractivity contribution in [1.82, 2.24) is 0 Å². The molecule has 1 aromatic carbocycles. The van der Waals surface area contributed by atoms with Crippen molar-refractivity contribution < 1.29 is 24.2 Å². The van der Waals surface area contributed by atoms with Crippen molar-refractivity contribution in [2.75, 3.05) is 12.4 Å². The molecular weight excluding hydrogens is 298 g/mol. The van der Waals surface area contributed by atoms with Crippen LogP contribution in [-0.2, 0) is 14.3 Å². The Morgan fingerprint density at radius 2 is 1.78 bits per heavy atom. The third kappa shape index (κ3) is 6.50. The van der Waals surface area contributed by atoms with Crippen LogP contribution >= 0.6 is 0 Å². The molecule has 0 heterocycles. The van der Waals surface area contributed by atoms with Crippen molar-refractivity contribution in [2.24, 2.45) is 11.8 Å². The highest BCUT2D eigenvalue weighted by Gasteiger charge is 2.20. The monoisotopic (exact) mass is 321 g/mol. The molecule has 1 rings (SSSR count). The van der Waals surface area contributed by atoms with Gasteiger partial charge in [0.25, 0.3) is 0 Å². The molecule has 0 aliphatic carbocycles. The van der Waals surface area contributed by atoms with Crippen LogP contribution in [0.2, 0.25) is 0 Å². The molecule has 0 aromatic heterocycles. The number of anilines is 1. The van der Waals surface area contributed by atoms with Gasteiger partial charge in [0, 0.05) is 12.1 Å². The van der Waals surface area contributed by atoms with Gasteiger partial charge in [-0.05, 0) is 43.0 Å². The van der Waals surface area contributed by atoms with E-state index in [4.69, 9.17) is 5.11 Å². The zero-order valence-corrected chi connectivity index (χ0v) is 13.7. The highest BCUT2D eigenvalue weighted by molar-refractivity contribution is 5.93. The van der Waals surface area contributed by atoms with Crippen molar-refractivity contribution in [3.8, 4) is 0 Å².